The summed E-state index contributed by atoms with van der Waals surface area (Å²) in [5.41, 5.74) is -0.149. The number of amides is 1. The highest BCUT2D eigenvalue weighted by Gasteiger charge is 2.20. The van der Waals surface area contributed by atoms with Gasteiger partial charge in [-0.1, -0.05) is 6.92 Å². The molecule has 1 aromatic carbocycles. The third-order valence-electron chi connectivity index (χ3n) is 2.81. The summed E-state index contributed by atoms with van der Waals surface area (Å²) >= 11 is 0. The summed E-state index contributed by atoms with van der Waals surface area (Å²) < 4.78 is 18.0. The van der Waals surface area contributed by atoms with E-state index in [0.717, 1.165) is 0 Å². The Balaban J connectivity index is 2.59. The third kappa shape index (κ3) is 6.38. The van der Waals surface area contributed by atoms with Gasteiger partial charge in [0.1, 0.15) is 11.4 Å². The van der Waals surface area contributed by atoms with Crippen molar-refractivity contribution >= 4 is 11.9 Å². The Kier molecular flexibility index (Phi) is 5.88. The van der Waals surface area contributed by atoms with Gasteiger partial charge in [-0.15, -0.1) is 0 Å². The molecule has 1 rings (SSSR count). The monoisotopic (exact) mass is 295 g/mol. The molecule has 1 aromatic rings. The van der Waals surface area contributed by atoms with Crippen LogP contribution in [0.2, 0.25) is 0 Å². The van der Waals surface area contributed by atoms with Crippen LogP contribution < -0.4 is 5.32 Å². The molecule has 0 aliphatic heterocycles. The number of rotatable bonds is 5. The van der Waals surface area contributed by atoms with Crippen LogP contribution in [0.4, 0.5) is 9.18 Å². The van der Waals surface area contributed by atoms with Gasteiger partial charge in [-0.3, -0.25) is 4.79 Å². The van der Waals surface area contributed by atoms with E-state index >= 15 is 0 Å². The molecule has 1 amide bonds. The number of carbonyl (C=O) groups is 2. The van der Waals surface area contributed by atoms with Crippen molar-refractivity contribution in [1.29, 1.82) is 0 Å². The van der Waals surface area contributed by atoms with Crippen molar-refractivity contribution < 1.29 is 18.7 Å². The lowest BCUT2D eigenvalue weighted by atomic mass is 10.0. The van der Waals surface area contributed by atoms with Gasteiger partial charge in [0.05, 0.1) is 0 Å². The van der Waals surface area contributed by atoms with Crippen LogP contribution in [0, 0.1) is 5.82 Å². The Bertz CT molecular complexity index is 491. The topological polar surface area (TPSA) is 55.4 Å². The van der Waals surface area contributed by atoms with Crippen LogP contribution in [0.15, 0.2) is 24.3 Å². The van der Waals surface area contributed by atoms with Gasteiger partial charge in [0, 0.05) is 18.0 Å². The van der Waals surface area contributed by atoms with Gasteiger partial charge < -0.3 is 10.1 Å². The Morgan fingerprint density at radius 3 is 2.29 bits per heavy atom. The molecular formula is C16H22FNO3. The molecule has 0 radical (unpaired) electrons. The first-order valence-corrected chi connectivity index (χ1v) is 6.99. The van der Waals surface area contributed by atoms with Crippen molar-refractivity contribution in [2.45, 2.75) is 52.2 Å². The standard InChI is InChI=1S/C16H22FNO3/c1-5-13(18-15(20)21-16(2,3)4)10-14(19)11-6-8-12(17)9-7-11/h6-9,13H,5,10H2,1-4H3,(H,18,20). The summed E-state index contributed by atoms with van der Waals surface area (Å²) in [6, 6.07) is 5.07. The normalized spacial score (nSPS) is 12.6. The molecular weight excluding hydrogens is 273 g/mol. The second-order valence-corrected chi connectivity index (χ2v) is 5.89. The number of carbonyl (C=O) groups excluding carboxylic acids is 2. The maximum Gasteiger partial charge on any atom is 0.407 e. The zero-order valence-electron chi connectivity index (χ0n) is 12.9. The number of hydrogen-bond acceptors (Lipinski definition) is 3. The van der Waals surface area contributed by atoms with Gasteiger partial charge in [-0.25, -0.2) is 9.18 Å². The largest absolute Gasteiger partial charge is 0.444 e. The van der Waals surface area contributed by atoms with Gasteiger partial charge in [-0.2, -0.15) is 0 Å². The molecule has 1 N–H and O–H groups in total. The second kappa shape index (κ2) is 7.20. The molecule has 1 atom stereocenters. The Morgan fingerprint density at radius 1 is 1.24 bits per heavy atom. The van der Waals surface area contributed by atoms with Crippen LogP contribution in [0.3, 0.4) is 0 Å². The van der Waals surface area contributed by atoms with Crippen LogP contribution in [-0.4, -0.2) is 23.5 Å². The maximum absolute atomic E-state index is 12.8. The van der Waals surface area contributed by atoms with Crippen molar-refractivity contribution in [2.24, 2.45) is 0 Å². The van der Waals surface area contributed by atoms with Gasteiger partial charge in [0.25, 0.3) is 0 Å². The van der Waals surface area contributed by atoms with E-state index in [4.69, 9.17) is 4.74 Å². The van der Waals surface area contributed by atoms with Crippen LogP contribution in [0.5, 0.6) is 0 Å². The fraction of sp³-hybridized carbons (Fsp3) is 0.500. The lowest BCUT2D eigenvalue weighted by molar-refractivity contribution is 0.0500. The minimum atomic E-state index is -0.580. The average molecular weight is 295 g/mol. The number of halogens is 1. The van der Waals surface area contributed by atoms with Crippen LogP contribution in [0.1, 0.15) is 50.9 Å². The zero-order chi connectivity index (χ0) is 16.0. The maximum atomic E-state index is 12.8. The molecule has 0 spiro atoms. The molecule has 0 saturated carbocycles. The summed E-state index contributed by atoms with van der Waals surface area (Å²) in [5.74, 6) is -0.525. The number of ether oxygens (including phenoxy) is 1. The van der Waals surface area contributed by atoms with E-state index in [1.807, 2.05) is 6.92 Å². The van der Waals surface area contributed by atoms with Gasteiger partial charge in [0.15, 0.2) is 5.78 Å². The van der Waals surface area contributed by atoms with Gasteiger partial charge >= 0.3 is 6.09 Å². The number of Topliss-reactive ketones (excluding diaryl/α,β-unsaturated/α-hetero) is 1. The minimum Gasteiger partial charge on any atom is -0.444 e. The van der Waals surface area contributed by atoms with Crippen molar-refractivity contribution in [2.75, 3.05) is 0 Å². The predicted octanol–water partition coefficient (Wildman–Crippen LogP) is 3.70. The van der Waals surface area contributed by atoms with E-state index < -0.39 is 11.7 Å². The molecule has 0 aliphatic carbocycles. The van der Waals surface area contributed by atoms with E-state index in [0.29, 0.717) is 12.0 Å². The molecule has 116 valence electrons. The number of nitrogens with one attached hydrogen (secondary N) is 1. The van der Waals surface area contributed by atoms with Gasteiger partial charge in [0.2, 0.25) is 0 Å². The smallest absolute Gasteiger partial charge is 0.407 e. The SMILES string of the molecule is CCC(CC(=O)c1ccc(F)cc1)NC(=O)OC(C)(C)C. The molecule has 0 aliphatic rings. The van der Waals surface area contributed by atoms with E-state index in [1.54, 1.807) is 20.8 Å². The van der Waals surface area contributed by atoms with Crippen LogP contribution in [0.25, 0.3) is 0 Å². The van der Waals surface area contributed by atoms with Crippen molar-refractivity contribution in [3.05, 3.63) is 35.6 Å². The quantitative estimate of drug-likeness (QED) is 0.843. The minimum absolute atomic E-state index is 0.141. The summed E-state index contributed by atoms with van der Waals surface area (Å²) in [6.07, 6.45) is 0.217. The highest BCUT2D eigenvalue weighted by atomic mass is 19.1. The molecule has 4 nitrogen and oxygen atoms in total. The Morgan fingerprint density at radius 2 is 1.81 bits per heavy atom. The average Bonchev–Trinajstić information content (AvgIpc) is 2.36. The molecule has 5 heteroatoms. The van der Waals surface area contributed by atoms with Gasteiger partial charge in [-0.05, 0) is 51.5 Å². The molecule has 0 bridgehead atoms. The number of ketones is 1. The zero-order valence-corrected chi connectivity index (χ0v) is 12.9. The number of alkyl carbamates (subject to hydrolysis) is 1. The van der Waals surface area contributed by atoms with E-state index in [1.165, 1.54) is 24.3 Å². The van der Waals surface area contributed by atoms with Crippen LogP contribution in [-0.2, 0) is 4.74 Å². The second-order valence-electron chi connectivity index (χ2n) is 5.89. The van der Waals surface area contributed by atoms with E-state index in [2.05, 4.69) is 5.32 Å². The van der Waals surface area contributed by atoms with E-state index in [-0.39, 0.29) is 24.1 Å². The lowest BCUT2D eigenvalue weighted by Crippen LogP contribution is -2.39. The fourth-order valence-electron chi connectivity index (χ4n) is 1.75. The molecule has 21 heavy (non-hydrogen) atoms. The van der Waals surface area contributed by atoms with Crippen molar-refractivity contribution in [3.63, 3.8) is 0 Å². The lowest BCUT2D eigenvalue weighted by Gasteiger charge is -2.22. The Hall–Kier alpha value is -1.91. The summed E-state index contributed by atoms with van der Waals surface area (Å²) in [7, 11) is 0. The molecule has 0 aromatic heterocycles. The summed E-state index contributed by atoms with van der Waals surface area (Å²) in [4.78, 5) is 23.8. The first kappa shape index (κ1) is 17.1. The summed E-state index contributed by atoms with van der Waals surface area (Å²) in [5, 5.41) is 2.68. The van der Waals surface area contributed by atoms with Crippen molar-refractivity contribution in [3.8, 4) is 0 Å². The molecule has 0 saturated heterocycles. The highest BCUT2D eigenvalue weighted by Crippen LogP contribution is 2.11. The molecule has 1 unspecified atom stereocenters. The highest BCUT2D eigenvalue weighted by molar-refractivity contribution is 5.96. The van der Waals surface area contributed by atoms with Crippen LogP contribution >= 0.6 is 0 Å². The first-order chi connectivity index (χ1) is 9.71. The predicted molar refractivity (Wildman–Crippen MR) is 78.8 cm³/mol. The molecule has 0 heterocycles. The number of benzene rings is 1. The molecule has 0 fully saturated rings. The van der Waals surface area contributed by atoms with E-state index in [9.17, 15) is 14.0 Å². The summed E-state index contributed by atoms with van der Waals surface area (Å²) in [6.45, 7) is 7.20. The van der Waals surface area contributed by atoms with Crippen molar-refractivity contribution in [1.82, 2.24) is 5.32 Å². The number of hydrogen-bond donors (Lipinski definition) is 1. The Labute approximate surface area is 124 Å². The third-order valence-corrected chi connectivity index (χ3v) is 2.81. The first-order valence-electron chi connectivity index (χ1n) is 6.99. The fourth-order valence-corrected chi connectivity index (χ4v) is 1.75.